The third-order valence-corrected chi connectivity index (χ3v) is 4.66. The monoisotopic (exact) mass is 340 g/mol. The smallest absolute Gasteiger partial charge is 0.193 e. The second-order valence-corrected chi connectivity index (χ2v) is 6.27. The minimum atomic E-state index is -0.427. The highest BCUT2D eigenvalue weighted by Gasteiger charge is 2.12. The highest BCUT2D eigenvalue weighted by Crippen LogP contribution is 2.26. The minimum absolute atomic E-state index is 0.253. The molecule has 0 radical (unpaired) electrons. The molecule has 0 atom stereocenters. The Morgan fingerprint density at radius 1 is 0.833 bits per heavy atom. The molecule has 1 nitrogen and oxygen atoms in total. The van der Waals surface area contributed by atoms with Crippen molar-refractivity contribution >= 4 is 17.5 Å². The fraction of sp³-hybridized carbons (Fsp3) is 0.0500. The van der Waals surface area contributed by atoms with E-state index in [2.05, 4.69) is 0 Å². The van der Waals surface area contributed by atoms with E-state index in [9.17, 15) is 13.6 Å². The van der Waals surface area contributed by atoms with E-state index in [0.29, 0.717) is 16.2 Å². The Bertz CT molecular complexity index is 845. The van der Waals surface area contributed by atoms with Crippen molar-refractivity contribution in [2.24, 2.45) is 0 Å². The van der Waals surface area contributed by atoms with Gasteiger partial charge in [-0.3, -0.25) is 4.79 Å². The van der Waals surface area contributed by atoms with Gasteiger partial charge >= 0.3 is 0 Å². The summed E-state index contributed by atoms with van der Waals surface area (Å²) in [5.74, 6) is -0.508. The predicted octanol–water partition coefficient (Wildman–Crippen LogP) is 5.49. The molecule has 3 rings (SSSR count). The van der Waals surface area contributed by atoms with Crippen LogP contribution >= 0.6 is 11.8 Å². The van der Waals surface area contributed by atoms with E-state index in [1.54, 1.807) is 12.1 Å². The summed E-state index contributed by atoms with van der Waals surface area (Å²) in [5, 5.41) is 0. The van der Waals surface area contributed by atoms with Crippen molar-refractivity contribution in [3.05, 3.63) is 101 Å². The van der Waals surface area contributed by atoms with Crippen molar-refractivity contribution in [2.75, 3.05) is 0 Å². The molecule has 0 fully saturated rings. The topological polar surface area (TPSA) is 17.1 Å². The van der Waals surface area contributed by atoms with Crippen LogP contribution in [0.1, 0.15) is 21.5 Å². The zero-order chi connectivity index (χ0) is 16.9. The summed E-state index contributed by atoms with van der Waals surface area (Å²) in [6.07, 6.45) is 0. The molecule has 0 N–H and O–H groups in total. The van der Waals surface area contributed by atoms with Crippen LogP contribution < -0.4 is 0 Å². The molecule has 0 aliphatic rings. The molecule has 0 saturated carbocycles. The van der Waals surface area contributed by atoms with Gasteiger partial charge in [0.15, 0.2) is 5.78 Å². The number of hydrogen-bond donors (Lipinski definition) is 0. The molecule has 3 aromatic carbocycles. The van der Waals surface area contributed by atoms with E-state index in [1.165, 1.54) is 42.1 Å². The van der Waals surface area contributed by atoms with Gasteiger partial charge in [0.25, 0.3) is 0 Å². The lowest BCUT2D eigenvalue weighted by molar-refractivity contribution is 0.103. The SMILES string of the molecule is O=C(c1ccc(F)cc1)c1ccc(SCc2ccccc2)c(F)c1. The highest BCUT2D eigenvalue weighted by molar-refractivity contribution is 7.98. The maximum absolute atomic E-state index is 14.3. The molecule has 0 heterocycles. The van der Waals surface area contributed by atoms with Crippen LogP contribution in [0.5, 0.6) is 0 Å². The van der Waals surface area contributed by atoms with E-state index in [4.69, 9.17) is 0 Å². The number of benzene rings is 3. The Morgan fingerprint density at radius 3 is 2.17 bits per heavy atom. The molecular weight excluding hydrogens is 326 g/mol. The lowest BCUT2D eigenvalue weighted by Crippen LogP contribution is -2.02. The minimum Gasteiger partial charge on any atom is -0.289 e. The summed E-state index contributed by atoms with van der Waals surface area (Å²) in [6.45, 7) is 0. The molecule has 24 heavy (non-hydrogen) atoms. The Kier molecular flexibility index (Phi) is 5.06. The number of ketones is 1. The van der Waals surface area contributed by atoms with Gasteiger partial charge in [-0.15, -0.1) is 11.8 Å². The summed E-state index contributed by atoms with van der Waals surface area (Å²) in [6, 6.07) is 19.5. The van der Waals surface area contributed by atoms with Crippen molar-refractivity contribution in [3.63, 3.8) is 0 Å². The van der Waals surface area contributed by atoms with E-state index in [-0.39, 0.29) is 11.3 Å². The predicted molar refractivity (Wildman–Crippen MR) is 92.2 cm³/mol. The van der Waals surface area contributed by atoms with Gasteiger partial charge in [0.2, 0.25) is 0 Å². The fourth-order valence-electron chi connectivity index (χ4n) is 2.26. The number of hydrogen-bond acceptors (Lipinski definition) is 2. The Labute approximate surface area is 143 Å². The standard InChI is InChI=1S/C20H14F2OS/c21-17-9-6-15(7-10-17)20(23)16-8-11-19(18(22)12-16)24-13-14-4-2-1-3-5-14/h1-12H,13H2. The van der Waals surface area contributed by atoms with Gasteiger partial charge in [-0.1, -0.05) is 30.3 Å². The normalized spacial score (nSPS) is 10.6. The number of thioether (sulfide) groups is 1. The maximum atomic E-state index is 14.3. The first kappa shape index (κ1) is 16.4. The largest absolute Gasteiger partial charge is 0.289 e. The lowest BCUT2D eigenvalue weighted by Gasteiger charge is -2.06. The highest BCUT2D eigenvalue weighted by atomic mass is 32.2. The van der Waals surface area contributed by atoms with Crippen LogP contribution in [-0.4, -0.2) is 5.78 Å². The average molecular weight is 340 g/mol. The Morgan fingerprint density at radius 2 is 1.50 bits per heavy atom. The first-order valence-electron chi connectivity index (χ1n) is 7.40. The van der Waals surface area contributed by atoms with Crippen LogP contribution in [0.25, 0.3) is 0 Å². The molecule has 120 valence electrons. The van der Waals surface area contributed by atoms with Crippen LogP contribution in [0, 0.1) is 11.6 Å². The lowest BCUT2D eigenvalue weighted by atomic mass is 10.0. The van der Waals surface area contributed by atoms with Gasteiger partial charge in [0.1, 0.15) is 11.6 Å². The molecule has 3 aromatic rings. The molecule has 0 aliphatic heterocycles. The van der Waals surface area contributed by atoms with E-state index in [1.807, 2.05) is 30.3 Å². The van der Waals surface area contributed by atoms with Crippen LogP contribution in [-0.2, 0) is 5.75 Å². The average Bonchev–Trinajstić information content (AvgIpc) is 2.61. The summed E-state index contributed by atoms with van der Waals surface area (Å²) in [5.41, 5.74) is 1.69. The summed E-state index contributed by atoms with van der Waals surface area (Å²) in [4.78, 5) is 12.8. The molecule has 0 aromatic heterocycles. The third-order valence-electron chi connectivity index (χ3n) is 3.54. The molecule has 0 bridgehead atoms. The number of rotatable bonds is 5. The van der Waals surface area contributed by atoms with Crippen molar-refractivity contribution in [3.8, 4) is 0 Å². The van der Waals surface area contributed by atoms with E-state index < -0.39 is 11.6 Å². The van der Waals surface area contributed by atoms with Crippen molar-refractivity contribution < 1.29 is 13.6 Å². The second-order valence-electron chi connectivity index (χ2n) is 5.26. The molecular formula is C20H14F2OS. The molecule has 0 spiro atoms. The number of carbonyl (C=O) groups excluding carboxylic acids is 1. The second kappa shape index (κ2) is 7.41. The van der Waals surface area contributed by atoms with Gasteiger partial charge in [-0.25, -0.2) is 8.78 Å². The first-order valence-corrected chi connectivity index (χ1v) is 8.38. The third kappa shape index (κ3) is 3.89. The van der Waals surface area contributed by atoms with Gasteiger partial charge in [-0.2, -0.15) is 0 Å². The van der Waals surface area contributed by atoms with Crippen LogP contribution in [0.4, 0.5) is 8.78 Å². The number of halogens is 2. The zero-order valence-electron chi connectivity index (χ0n) is 12.7. The van der Waals surface area contributed by atoms with Crippen molar-refractivity contribution in [1.82, 2.24) is 0 Å². The quantitative estimate of drug-likeness (QED) is 0.451. The van der Waals surface area contributed by atoms with Crippen LogP contribution in [0.15, 0.2) is 77.7 Å². The summed E-state index contributed by atoms with van der Waals surface area (Å²) >= 11 is 1.38. The van der Waals surface area contributed by atoms with Crippen LogP contribution in [0.3, 0.4) is 0 Å². The van der Waals surface area contributed by atoms with E-state index in [0.717, 1.165) is 5.56 Å². The van der Waals surface area contributed by atoms with Crippen molar-refractivity contribution in [1.29, 1.82) is 0 Å². The van der Waals surface area contributed by atoms with E-state index >= 15 is 0 Å². The van der Waals surface area contributed by atoms with Gasteiger partial charge in [0.05, 0.1) is 0 Å². The van der Waals surface area contributed by atoms with Gasteiger partial charge in [0, 0.05) is 21.8 Å². The first-order chi connectivity index (χ1) is 11.6. The summed E-state index contributed by atoms with van der Waals surface area (Å²) in [7, 11) is 0. The molecule has 0 saturated heterocycles. The molecule has 0 amide bonds. The Balaban J connectivity index is 1.74. The maximum Gasteiger partial charge on any atom is 0.193 e. The fourth-order valence-corrected chi connectivity index (χ4v) is 3.14. The molecule has 4 heteroatoms. The Hall–Kier alpha value is -2.46. The molecule has 0 aliphatic carbocycles. The number of carbonyl (C=O) groups is 1. The van der Waals surface area contributed by atoms with Gasteiger partial charge in [-0.05, 0) is 48.0 Å². The zero-order valence-corrected chi connectivity index (χ0v) is 13.5. The van der Waals surface area contributed by atoms with Crippen LogP contribution in [0.2, 0.25) is 0 Å². The van der Waals surface area contributed by atoms with Gasteiger partial charge < -0.3 is 0 Å². The molecule has 0 unspecified atom stereocenters. The summed E-state index contributed by atoms with van der Waals surface area (Å²) < 4.78 is 27.2. The van der Waals surface area contributed by atoms with Crippen molar-refractivity contribution in [2.45, 2.75) is 10.6 Å².